The second-order valence-electron chi connectivity index (χ2n) is 3.68. The van der Waals surface area contributed by atoms with Gasteiger partial charge in [0.05, 0.1) is 0 Å². The highest BCUT2D eigenvalue weighted by Crippen LogP contribution is 2.17. The molecule has 0 spiro atoms. The van der Waals surface area contributed by atoms with Gasteiger partial charge >= 0.3 is 0 Å². The van der Waals surface area contributed by atoms with Crippen molar-refractivity contribution in [3.63, 3.8) is 0 Å². The smallest absolute Gasteiger partial charge is 0.123 e. The molecule has 82 valence electrons. The van der Waals surface area contributed by atoms with E-state index in [0.29, 0.717) is 6.61 Å². The molecule has 0 heterocycles. The molecule has 2 rings (SSSR count). The first-order valence-electron chi connectivity index (χ1n) is 5.18. The molecule has 0 atom stereocenters. The van der Waals surface area contributed by atoms with Gasteiger partial charge in [-0.15, -0.1) is 0 Å². The molecule has 0 aliphatic carbocycles. The number of benzene rings is 2. The molecule has 0 aliphatic rings. The Morgan fingerprint density at radius 1 is 1.00 bits per heavy atom. The van der Waals surface area contributed by atoms with E-state index in [1.54, 1.807) is 12.1 Å². The largest absolute Gasteiger partial charge is 0.489 e. The van der Waals surface area contributed by atoms with Crippen LogP contribution >= 0.6 is 0 Å². The zero-order valence-electron chi connectivity index (χ0n) is 9.11. The van der Waals surface area contributed by atoms with Gasteiger partial charge in [0.15, 0.2) is 0 Å². The average Bonchev–Trinajstić information content (AvgIpc) is 2.30. The summed E-state index contributed by atoms with van der Waals surface area (Å²) in [5, 5.41) is 0. The molecule has 0 amide bonds. The summed E-state index contributed by atoms with van der Waals surface area (Å²) < 4.78 is 18.3. The van der Waals surface area contributed by atoms with Crippen molar-refractivity contribution in [1.29, 1.82) is 0 Å². The van der Waals surface area contributed by atoms with E-state index in [1.807, 2.05) is 31.2 Å². The summed E-state index contributed by atoms with van der Waals surface area (Å²) in [4.78, 5) is 0. The summed E-state index contributed by atoms with van der Waals surface area (Å²) in [5.41, 5.74) is 2.06. The molecule has 1 nitrogen and oxygen atoms in total. The van der Waals surface area contributed by atoms with Gasteiger partial charge in [0.25, 0.3) is 0 Å². The number of para-hydroxylation sites is 1. The molecule has 2 heteroatoms. The van der Waals surface area contributed by atoms with E-state index in [2.05, 4.69) is 0 Å². The lowest BCUT2D eigenvalue weighted by Crippen LogP contribution is -1.96. The average molecular weight is 216 g/mol. The second kappa shape index (κ2) is 4.79. The highest BCUT2D eigenvalue weighted by Gasteiger charge is 1.98. The first-order valence-corrected chi connectivity index (χ1v) is 5.18. The van der Waals surface area contributed by atoms with Crippen LogP contribution in [0.25, 0.3) is 0 Å². The topological polar surface area (TPSA) is 9.23 Å². The van der Waals surface area contributed by atoms with Crippen LogP contribution in [0.5, 0.6) is 5.75 Å². The SMILES string of the molecule is Cc1ccccc1OCc1ccc(F)cc1. The second-order valence-corrected chi connectivity index (χ2v) is 3.68. The van der Waals surface area contributed by atoms with Gasteiger partial charge in [-0.3, -0.25) is 0 Å². The van der Waals surface area contributed by atoms with Gasteiger partial charge in [-0.1, -0.05) is 30.3 Å². The van der Waals surface area contributed by atoms with Gasteiger partial charge in [0, 0.05) is 0 Å². The van der Waals surface area contributed by atoms with Gasteiger partial charge in [0.2, 0.25) is 0 Å². The number of hydrogen-bond donors (Lipinski definition) is 0. The zero-order valence-corrected chi connectivity index (χ0v) is 9.11. The predicted octanol–water partition coefficient (Wildman–Crippen LogP) is 3.71. The molecule has 0 radical (unpaired) electrons. The fraction of sp³-hybridized carbons (Fsp3) is 0.143. The van der Waals surface area contributed by atoms with Crippen molar-refractivity contribution < 1.29 is 9.13 Å². The molecule has 0 bridgehead atoms. The van der Waals surface area contributed by atoms with Crippen molar-refractivity contribution in [2.45, 2.75) is 13.5 Å². The Kier molecular flexibility index (Phi) is 3.20. The van der Waals surface area contributed by atoms with Gasteiger partial charge in [-0.2, -0.15) is 0 Å². The third kappa shape index (κ3) is 2.60. The standard InChI is InChI=1S/C14H13FO/c1-11-4-2-3-5-14(11)16-10-12-6-8-13(15)9-7-12/h2-9H,10H2,1H3. The van der Waals surface area contributed by atoms with Crippen LogP contribution in [0, 0.1) is 12.7 Å². The Bertz CT molecular complexity index is 462. The summed E-state index contributed by atoms with van der Waals surface area (Å²) in [5.74, 6) is 0.645. The molecule has 0 saturated heterocycles. The van der Waals surface area contributed by atoms with Crippen molar-refractivity contribution in [1.82, 2.24) is 0 Å². The molecule has 0 saturated carbocycles. The van der Waals surface area contributed by atoms with Crippen molar-refractivity contribution in [2.24, 2.45) is 0 Å². The predicted molar refractivity (Wildman–Crippen MR) is 61.9 cm³/mol. The Labute approximate surface area is 94.5 Å². The third-order valence-electron chi connectivity index (χ3n) is 2.40. The summed E-state index contributed by atoms with van der Waals surface area (Å²) in [6, 6.07) is 14.2. The van der Waals surface area contributed by atoms with Gasteiger partial charge in [0.1, 0.15) is 18.2 Å². The van der Waals surface area contributed by atoms with Crippen LogP contribution in [0.2, 0.25) is 0 Å². The van der Waals surface area contributed by atoms with Crippen molar-refractivity contribution in [3.05, 3.63) is 65.5 Å². The van der Waals surface area contributed by atoms with E-state index in [1.165, 1.54) is 12.1 Å². The summed E-state index contributed by atoms with van der Waals surface area (Å²) in [6.45, 7) is 2.46. The van der Waals surface area contributed by atoms with Crippen molar-refractivity contribution >= 4 is 0 Å². The maximum Gasteiger partial charge on any atom is 0.123 e. The molecule has 2 aromatic carbocycles. The first-order chi connectivity index (χ1) is 7.75. The van der Waals surface area contributed by atoms with Gasteiger partial charge in [-0.05, 0) is 36.2 Å². The van der Waals surface area contributed by atoms with Crippen LogP contribution in [-0.2, 0) is 6.61 Å². The molecule has 0 aromatic heterocycles. The first kappa shape index (κ1) is 10.7. The van der Waals surface area contributed by atoms with E-state index in [4.69, 9.17) is 4.74 Å². The molecular formula is C14H13FO. The summed E-state index contributed by atoms with van der Waals surface area (Å²) >= 11 is 0. The minimum atomic E-state index is -0.223. The highest BCUT2D eigenvalue weighted by atomic mass is 19.1. The number of rotatable bonds is 3. The normalized spacial score (nSPS) is 10.1. The minimum Gasteiger partial charge on any atom is -0.489 e. The number of ether oxygens (including phenoxy) is 1. The molecular weight excluding hydrogens is 203 g/mol. The maximum absolute atomic E-state index is 12.7. The number of halogens is 1. The van der Waals surface area contributed by atoms with Gasteiger partial charge < -0.3 is 4.74 Å². The van der Waals surface area contributed by atoms with Crippen LogP contribution in [0.3, 0.4) is 0 Å². The number of aryl methyl sites for hydroxylation is 1. The molecule has 16 heavy (non-hydrogen) atoms. The van der Waals surface area contributed by atoms with Gasteiger partial charge in [-0.25, -0.2) is 4.39 Å². The fourth-order valence-corrected chi connectivity index (χ4v) is 1.46. The summed E-state index contributed by atoms with van der Waals surface area (Å²) in [7, 11) is 0. The number of hydrogen-bond acceptors (Lipinski definition) is 1. The third-order valence-corrected chi connectivity index (χ3v) is 2.40. The van der Waals surface area contributed by atoms with E-state index in [0.717, 1.165) is 16.9 Å². The van der Waals surface area contributed by atoms with E-state index < -0.39 is 0 Å². The lowest BCUT2D eigenvalue weighted by Gasteiger charge is -2.08. The zero-order chi connectivity index (χ0) is 11.4. The minimum absolute atomic E-state index is 0.223. The monoisotopic (exact) mass is 216 g/mol. The molecule has 0 unspecified atom stereocenters. The van der Waals surface area contributed by atoms with Crippen LogP contribution < -0.4 is 4.74 Å². The van der Waals surface area contributed by atoms with Crippen molar-refractivity contribution in [2.75, 3.05) is 0 Å². The lowest BCUT2D eigenvalue weighted by atomic mass is 10.2. The van der Waals surface area contributed by atoms with E-state index in [-0.39, 0.29) is 5.82 Å². The quantitative estimate of drug-likeness (QED) is 0.759. The Morgan fingerprint density at radius 2 is 1.69 bits per heavy atom. The molecule has 0 fully saturated rings. The fourth-order valence-electron chi connectivity index (χ4n) is 1.46. The molecule has 0 aliphatic heterocycles. The van der Waals surface area contributed by atoms with Crippen molar-refractivity contribution in [3.8, 4) is 5.75 Å². The van der Waals surface area contributed by atoms with Crippen LogP contribution in [0.4, 0.5) is 4.39 Å². The van der Waals surface area contributed by atoms with Crippen LogP contribution in [0.15, 0.2) is 48.5 Å². The highest BCUT2D eigenvalue weighted by molar-refractivity contribution is 5.32. The van der Waals surface area contributed by atoms with E-state index >= 15 is 0 Å². The Morgan fingerprint density at radius 3 is 2.38 bits per heavy atom. The Balaban J connectivity index is 2.02. The lowest BCUT2D eigenvalue weighted by molar-refractivity contribution is 0.304. The molecule has 0 N–H and O–H groups in total. The maximum atomic E-state index is 12.7. The Hall–Kier alpha value is -1.83. The molecule has 2 aromatic rings. The van der Waals surface area contributed by atoms with Crippen LogP contribution in [-0.4, -0.2) is 0 Å². The van der Waals surface area contributed by atoms with Crippen LogP contribution in [0.1, 0.15) is 11.1 Å². The summed E-state index contributed by atoms with van der Waals surface area (Å²) in [6.07, 6.45) is 0. The van der Waals surface area contributed by atoms with E-state index in [9.17, 15) is 4.39 Å².